The Bertz CT molecular complexity index is 438. The van der Waals surface area contributed by atoms with Crippen LogP contribution in [0.2, 0.25) is 0 Å². The van der Waals surface area contributed by atoms with E-state index in [-0.39, 0.29) is 24.2 Å². The van der Waals surface area contributed by atoms with E-state index in [1.54, 1.807) is 0 Å². The smallest absolute Gasteiger partial charge is 0.368 e. The van der Waals surface area contributed by atoms with Gasteiger partial charge in [0.1, 0.15) is 0 Å². The molecule has 4 atom stereocenters. The summed E-state index contributed by atoms with van der Waals surface area (Å²) in [5.41, 5.74) is 11.8. The minimum absolute atomic E-state index is 0.148. The van der Waals surface area contributed by atoms with Crippen LogP contribution in [0.1, 0.15) is 51.4 Å². The number of nitrogens with two attached hydrogens (primary N) is 2. The van der Waals surface area contributed by atoms with Gasteiger partial charge in [0, 0.05) is 24.2 Å². The van der Waals surface area contributed by atoms with Crippen molar-refractivity contribution in [1.29, 1.82) is 0 Å². The van der Waals surface area contributed by atoms with E-state index in [4.69, 9.17) is 11.5 Å². The van der Waals surface area contributed by atoms with Gasteiger partial charge in [-0.3, -0.25) is 0 Å². The van der Waals surface area contributed by atoms with Crippen molar-refractivity contribution in [3.63, 3.8) is 0 Å². The summed E-state index contributed by atoms with van der Waals surface area (Å²) in [5.74, 6) is 0. The fourth-order valence-corrected chi connectivity index (χ4v) is 3.67. The quantitative estimate of drug-likeness (QED) is 0.552. The fourth-order valence-electron chi connectivity index (χ4n) is 3.21. The van der Waals surface area contributed by atoms with E-state index in [1.807, 2.05) is 0 Å². The Balaban J connectivity index is 1.69. The fraction of sp³-hybridized carbons (Fsp3) is 0.857. The van der Waals surface area contributed by atoms with E-state index < -0.39 is 20.4 Å². The molecule has 2 aliphatic carbocycles. The maximum absolute atomic E-state index is 11.7. The van der Waals surface area contributed by atoms with Crippen LogP contribution in [0.15, 0.2) is 0 Å². The van der Waals surface area contributed by atoms with Crippen molar-refractivity contribution in [3.8, 4) is 0 Å². The van der Waals surface area contributed by atoms with Gasteiger partial charge in [-0.1, -0.05) is 25.7 Å². The Morgan fingerprint density at radius 3 is 1.54 bits per heavy atom. The molecule has 2 fully saturated rings. The number of hydrogen-bond acceptors (Lipinski definition) is 7. The van der Waals surface area contributed by atoms with Gasteiger partial charge in [0.15, 0.2) is 0 Å². The molecule has 2 aliphatic rings. The second-order valence-corrected chi connectivity index (χ2v) is 7.34. The number of rotatable bonds is 4. The number of carbonyl (C=O) groups excluding carboxylic acids is 2. The first-order valence-electron chi connectivity index (χ1n) is 8.47. The van der Waals surface area contributed by atoms with Gasteiger partial charge < -0.3 is 31.1 Å². The van der Waals surface area contributed by atoms with E-state index in [0.29, 0.717) is 0 Å². The van der Waals surface area contributed by atoms with Gasteiger partial charge in [-0.25, -0.2) is 14.2 Å². The van der Waals surface area contributed by atoms with Crippen LogP contribution in [0.4, 0.5) is 9.59 Å². The zero-order valence-corrected chi connectivity index (χ0v) is 14.7. The maximum Gasteiger partial charge on any atom is 0.425 e. The summed E-state index contributed by atoms with van der Waals surface area (Å²) in [6, 6.07) is -0.721. The lowest BCUT2D eigenvalue weighted by molar-refractivity contribution is 0.170. The van der Waals surface area contributed by atoms with Crippen molar-refractivity contribution in [3.05, 3.63) is 0 Å². The van der Waals surface area contributed by atoms with Gasteiger partial charge >= 0.3 is 20.4 Å². The van der Waals surface area contributed by atoms with Crippen molar-refractivity contribution < 1.29 is 23.2 Å². The van der Waals surface area contributed by atoms with E-state index in [1.165, 1.54) is 0 Å². The average Bonchev–Trinajstić information content (AvgIpc) is 2.51. The summed E-state index contributed by atoms with van der Waals surface area (Å²) in [4.78, 5) is 23.4. The minimum atomic E-state index is -3.28. The van der Waals surface area contributed by atoms with Crippen molar-refractivity contribution >= 4 is 20.4 Å². The predicted molar refractivity (Wildman–Crippen MR) is 88.7 cm³/mol. The molecular formula is C14H27N4O5P. The molecule has 2 rings (SSSR count). The Morgan fingerprint density at radius 1 is 0.792 bits per heavy atom. The molecule has 0 heterocycles. The predicted octanol–water partition coefficient (Wildman–Crippen LogP) is 1.37. The summed E-state index contributed by atoms with van der Waals surface area (Å²) < 4.78 is 20.9. The monoisotopic (exact) mass is 362 g/mol. The van der Waals surface area contributed by atoms with Gasteiger partial charge in [-0.05, 0) is 25.7 Å². The van der Waals surface area contributed by atoms with Gasteiger partial charge in [0.05, 0.1) is 0 Å². The van der Waals surface area contributed by atoms with E-state index in [2.05, 4.69) is 19.7 Å². The van der Waals surface area contributed by atoms with Crippen LogP contribution in [0.3, 0.4) is 0 Å². The van der Waals surface area contributed by atoms with E-state index >= 15 is 0 Å². The molecule has 24 heavy (non-hydrogen) atoms. The SMILES string of the molecule is NC1CCCCC1NC(=O)O[PH](=O)OC(=O)NC1CCCCC1N. The lowest BCUT2D eigenvalue weighted by atomic mass is 9.91. The lowest BCUT2D eigenvalue weighted by Gasteiger charge is -2.29. The van der Waals surface area contributed by atoms with Crippen molar-refractivity contribution in [2.75, 3.05) is 0 Å². The molecule has 4 unspecified atom stereocenters. The summed E-state index contributed by atoms with van der Waals surface area (Å²) in [5, 5.41) is 5.14. The highest BCUT2D eigenvalue weighted by molar-refractivity contribution is 7.34. The standard InChI is InChI=1S/C14H27N4O5P/c15-9-5-1-3-7-11(9)17-13(19)22-24(21)23-14(20)18-12-8-4-2-6-10(12)16/h9-12,24H,1-8,15-16H2,(H,17,19)(H,18,20). The second kappa shape index (κ2) is 9.25. The van der Waals surface area contributed by atoms with Gasteiger partial charge in [-0.2, -0.15) is 0 Å². The maximum atomic E-state index is 11.7. The number of nitrogens with one attached hydrogen (secondary N) is 2. The minimum Gasteiger partial charge on any atom is -0.368 e. The van der Waals surface area contributed by atoms with E-state index in [0.717, 1.165) is 51.4 Å². The Morgan fingerprint density at radius 2 is 1.17 bits per heavy atom. The average molecular weight is 362 g/mol. The number of hydrogen-bond donors (Lipinski definition) is 4. The molecule has 6 N–H and O–H groups in total. The largest absolute Gasteiger partial charge is 0.425 e. The highest BCUT2D eigenvalue weighted by Crippen LogP contribution is 2.25. The first-order valence-corrected chi connectivity index (χ1v) is 9.70. The van der Waals surface area contributed by atoms with Crippen LogP contribution in [0.25, 0.3) is 0 Å². The van der Waals surface area contributed by atoms with Crippen molar-refractivity contribution in [1.82, 2.24) is 10.6 Å². The molecule has 0 aliphatic heterocycles. The molecule has 138 valence electrons. The van der Waals surface area contributed by atoms with Gasteiger partial charge in [0.25, 0.3) is 0 Å². The number of amides is 2. The normalized spacial score (nSPS) is 31.6. The molecule has 0 aromatic heterocycles. The molecule has 0 saturated heterocycles. The molecule has 0 spiro atoms. The second-order valence-electron chi connectivity index (χ2n) is 6.43. The zero-order chi connectivity index (χ0) is 17.5. The van der Waals surface area contributed by atoms with Crippen LogP contribution in [0.5, 0.6) is 0 Å². The molecule has 9 nitrogen and oxygen atoms in total. The first kappa shape index (κ1) is 19.0. The van der Waals surface area contributed by atoms with Crippen LogP contribution in [-0.4, -0.2) is 36.4 Å². The van der Waals surface area contributed by atoms with Crippen LogP contribution >= 0.6 is 8.25 Å². The Labute approximate surface area is 142 Å². The molecule has 0 radical (unpaired) electrons. The highest BCUT2D eigenvalue weighted by atomic mass is 31.1. The third-order valence-electron chi connectivity index (χ3n) is 4.60. The lowest BCUT2D eigenvalue weighted by Crippen LogP contribution is -2.49. The van der Waals surface area contributed by atoms with Gasteiger partial charge in [-0.15, -0.1) is 0 Å². The molecule has 2 saturated carbocycles. The van der Waals surface area contributed by atoms with Crippen molar-refractivity contribution in [2.45, 2.75) is 75.5 Å². The van der Waals surface area contributed by atoms with Gasteiger partial charge in [0.2, 0.25) is 0 Å². The summed E-state index contributed by atoms with van der Waals surface area (Å²) in [6.07, 6.45) is 5.35. The van der Waals surface area contributed by atoms with Crippen LogP contribution in [-0.2, 0) is 13.6 Å². The van der Waals surface area contributed by atoms with Crippen LogP contribution in [0, 0.1) is 0 Å². The highest BCUT2D eigenvalue weighted by Gasteiger charge is 2.26. The first-order chi connectivity index (χ1) is 11.5. The third kappa shape index (κ3) is 5.96. The topological polar surface area (TPSA) is 146 Å². The number of carbonyl (C=O) groups is 2. The van der Waals surface area contributed by atoms with Crippen LogP contribution < -0.4 is 22.1 Å². The molecule has 10 heteroatoms. The molecule has 2 amide bonds. The molecule has 0 bridgehead atoms. The summed E-state index contributed by atoms with van der Waals surface area (Å²) in [7, 11) is -3.28. The summed E-state index contributed by atoms with van der Waals surface area (Å²) >= 11 is 0. The Kier molecular flexibility index (Phi) is 7.33. The van der Waals surface area contributed by atoms with Crippen molar-refractivity contribution in [2.24, 2.45) is 11.5 Å². The molecular weight excluding hydrogens is 335 g/mol. The molecule has 0 aromatic rings. The Hall–Kier alpha value is -1.31. The zero-order valence-electron chi connectivity index (χ0n) is 13.7. The summed E-state index contributed by atoms with van der Waals surface area (Å²) in [6.45, 7) is 0. The van der Waals surface area contributed by atoms with E-state index in [9.17, 15) is 14.2 Å². The molecule has 0 aromatic carbocycles. The third-order valence-corrected chi connectivity index (χ3v) is 5.30.